The van der Waals surface area contributed by atoms with Gasteiger partial charge in [0.25, 0.3) is 0 Å². The zero-order valence-electron chi connectivity index (χ0n) is 12.5. The molecule has 0 fully saturated rings. The number of methoxy groups -OCH3 is 1. The van der Waals surface area contributed by atoms with Crippen molar-refractivity contribution in [1.82, 2.24) is 20.1 Å². The van der Waals surface area contributed by atoms with Gasteiger partial charge in [0.15, 0.2) is 0 Å². The maximum absolute atomic E-state index is 5.19. The van der Waals surface area contributed by atoms with Crippen LogP contribution in [0.15, 0.2) is 30.6 Å². The first-order chi connectivity index (χ1) is 9.61. The largest absolute Gasteiger partial charge is 0.497 e. The summed E-state index contributed by atoms with van der Waals surface area (Å²) in [5.41, 5.74) is 1.30. The maximum Gasteiger partial charge on any atom is 0.140 e. The number of nitrogens with zero attached hydrogens (tertiary/aromatic N) is 3. The lowest BCUT2D eigenvalue weighted by Crippen LogP contribution is -2.31. The molecule has 0 saturated carbocycles. The molecule has 1 N–H and O–H groups in total. The van der Waals surface area contributed by atoms with Gasteiger partial charge in [-0.05, 0) is 30.5 Å². The SMILES string of the molecule is COc1ccc([C@H](C)[C@H](C)NCc2ncnn2C)cc1. The van der Waals surface area contributed by atoms with Crippen LogP contribution in [0.25, 0.3) is 0 Å². The second-order valence-electron chi connectivity index (χ2n) is 5.03. The van der Waals surface area contributed by atoms with Gasteiger partial charge in [0.1, 0.15) is 17.9 Å². The van der Waals surface area contributed by atoms with Crippen LogP contribution in [-0.2, 0) is 13.6 Å². The van der Waals surface area contributed by atoms with Gasteiger partial charge in [-0.3, -0.25) is 4.68 Å². The van der Waals surface area contributed by atoms with E-state index < -0.39 is 0 Å². The smallest absolute Gasteiger partial charge is 0.140 e. The van der Waals surface area contributed by atoms with E-state index in [1.807, 2.05) is 19.2 Å². The van der Waals surface area contributed by atoms with Crippen LogP contribution in [0.2, 0.25) is 0 Å². The third kappa shape index (κ3) is 3.36. The van der Waals surface area contributed by atoms with E-state index in [0.717, 1.165) is 18.1 Å². The third-order valence-corrected chi connectivity index (χ3v) is 3.78. The molecule has 0 spiro atoms. The highest BCUT2D eigenvalue weighted by atomic mass is 16.5. The molecule has 1 aromatic heterocycles. The van der Waals surface area contributed by atoms with Gasteiger partial charge in [-0.2, -0.15) is 5.10 Å². The van der Waals surface area contributed by atoms with Crippen molar-refractivity contribution < 1.29 is 4.74 Å². The van der Waals surface area contributed by atoms with Crippen molar-refractivity contribution in [2.24, 2.45) is 7.05 Å². The minimum atomic E-state index is 0.347. The molecule has 0 saturated heterocycles. The van der Waals surface area contributed by atoms with Crippen LogP contribution >= 0.6 is 0 Å². The molecule has 0 aliphatic rings. The van der Waals surface area contributed by atoms with Gasteiger partial charge in [-0.15, -0.1) is 0 Å². The van der Waals surface area contributed by atoms with Gasteiger partial charge in [-0.25, -0.2) is 4.98 Å². The second-order valence-corrected chi connectivity index (χ2v) is 5.03. The van der Waals surface area contributed by atoms with Crippen LogP contribution in [-0.4, -0.2) is 27.9 Å². The first kappa shape index (κ1) is 14.5. The maximum atomic E-state index is 5.19. The normalized spacial score (nSPS) is 14.0. The summed E-state index contributed by atoms with van der Waals surface area (Å²) < 4.78 is 6.97. The molecule has 0 radical (unpaired) electrons. The van der Waals surface area contributed by atoms with E-state index in [1.165, 1.54) is 5.56 Å². The minimum Gasteiger partial charge on any atom is -0.497 e. The van der Waals surface area contributed by atoms with E-state index in [-0.39, 0.29) is 0 Å². The quantitative estimate of drug-likeness (QED) is 0.876. The molecular weight excluding hydrogens is 252 g/mol. The Balaban J connectivity index is 1.93. The summed E-state index contributed by atoms with van der Waals surface area (Å²) in [6.07, 6.45) is 1.58. The van der Waals surface area contributed by atoms with Crippen LogP contribution in [0.4, 0.5) is 0 Å². The number of aromatic nitrogens is 3. The molecule has 108 valence electrons. The summed E-state index contributed by atoms with van der Waals surface area (Å²) in [5.74, 6) is 2.24. The molecule has 2 rings (SSSR count). The predicted octanol–water partition coefficient (Wildman–Crippen LogP) is 2.11. The highest BCUT2D eigenvalue weighted by Crippen LogP contribution is 2.22. The van der Waals surface area contributed by atoms with Crippen LogP contribution in [0, 0.1) is 0 Å². The first-order valence-corrected chi connectivity index (χ1v) is 6.82. The predicted molar refractivity (Wildman–Crippen MR) is 78.7 cm³/mol. The Bertz CT molecular complexity index is 535. The molecule has 0 amide bonds. The zero-order chi connectivity index (χ0) is 14.5. The Hall–Kier alpha value is -1.88. The van der Waals surface area contributed by atoms with Crippen LogP contribution in [0.3, 0.4) is 0 Å². The lowest BCUT2D eigenvalue weighted by Gasteiger charge is -2.21. The zero-order valence-corrected chi connectivity index (χ0v) is 12.5. The van der Waals surface area contributed by atoms with E-state index >= 15 is 0 Å². The lowest BCUT2D eigenvalue weighted by atomic mass is 9.94. The molecule has 2 aromatic rings. The molecule has 0 aliphatic carbocycles. The van der Waals surface area contributed by atoms with Crippen molar-refractivity contribution in [2.75, 3.05) is 7.11 Å². The Kier molecular flexibility index (Phi) is 4.74. The fourth-order valence-electron chi connectivity index (χ4n) is 2.11. The Morgan fingerprint density at radius 2 is 1.95 bits per heavy atom. The van der Waals surface area contributed by atoms with E-state index in [4.69, 9.17) is 4.74 Å². The van der Waals surface area contributed by atoms with Crippen LogP contribution in [0.1, 0.15) is 31.2 Å². The number of hydrogen-bond donors (Lipinski definition) is 1. The number of nitrogens with one attached hydrogen (secondary N) is 1. The number of ether oxygens (including phenoxy) is 1. The van der Waals surface area contributed by atoms with E-state index in [2.05, 4.69) is 41.4 Å². The first-order valence-electron chi connectivity index (χ1n) is 6.82. The van der Waals surface area contributed by atoms with Gasteiger partial charge < -0.3 is 10.1 Å². The summed E-state index contributed by atoms with van der Waals surface area (Å²) in [4.78, 5) is 4.22. The summed E-state index contributed by atoms with van der Waals surface area (Å²) in [7, 11) is 3.59. The average molecular weight is 274 g/mol. The van der Waals surface area contributed by atoms with Gasteiger partial charge in [-0.1, -0.05) is 19.1 Å². The van der Waals surface area contributed by atoms with Gasteiger partial charge in [0, 0.05) is 13.1 Å². The second kappa shape index (κ2) is 6.52. The van der Waals surface area contributed by atoms with Crippen molar-refractivity contribution in [3.05, 3.63) is 42.0 Å². The number of rotatable bonds is 6. The van der Waals surface area contributed by atoms with Crippen molar-refractivity contribution in [1.29, 1.82) is 0 Å². The molecule has 5 heteroatoms. The minimum absolute atomic E-state index is 0.347. The molecule has 0 aliphatic heterocycles. The monoisotopic (exact) mass is 274 g/mol. The number of aryl methyl sites for hydroxylation is 1. The molecule has 1 heterocycles. The Labute approximate surface area is 120 Å². The molecule has 0 bridgehead atoms. The van der Waals surface area contributed by atoms with Crippen LogP contribution < -0.4 is 10.1 Å². The van der Waals surface area contributed by atoms with Crippen molar-refractivity contribution in [2.45, 2.75) is 32.4 Å². The average Bonchev–Trinajstić information content (AvgIpc) is 2.89. The Morgan fingerprint density at radius 3 is 2.50 bits per heavy atom. The highest BCUT2D eigenvalue weighted by Gasteiger charge is 2.14. The van der Waals surface area contributed by atoms with E-state index in [1.54, 1.807) is 18.1 Å². The third-order valence-electron chi connectivity index (χ3n) is 3.78. The van der Waals surface area contributed by atoms with Gasteiger partial charge in [0.05, 0.1) is 13.7 Å². The molecular formula is C15H22N4O. The Morgan fingerprint density at radius 1 is 1.25 bits per heavy atom. The summed E-state index contributed by atoms with van der Waals surface area (Å²) in [6.45, 7) is 5.12. The molecule has 2 atom stereocenters. The van der Waals surface area contributed by atoms with Gasteiger partial charge >= 0.3 is 0 Å². The highest BCUT2D eigenvalue weighted by molar-refractivity contribution is 5.29. The topological polar surface area (TPSA) is 52.0 Å². The molecule has 20 heavy (non-hydrogen) atoms. The fraction of sp³-hybridized carbons (Fsp3) is 0.467. The molecule has 0 unspecified atom stereocenters. The van der Waals surface area contributed by atoms with Crippen molar-refractivity contribution in [3.63, 3.8) is 0 Å². The van der Waals surface area contributed by atoms with Crippen LogP contribution in [0.5, 0.6) is 5.75 Å². The standard InChI is InChI=1S/C15H22N4O/c1-11(13-5-7-14(20-4)8-6-13)12(2)16-9-15-17-10-18-19(15)3/h5-8,10-12,16H,9H2,1-4H3/t11-,12+/m1/s1. The van der Waals surface area contributed by atoms with Crippen molar-refractivity contribution >= 4 is 0 Å². The van der Waals surface area contributed by atoms with Crippen molar-refractivity contribution in [3.8, 4) is 5.75 Å². The summed E-state index contributed by atoms with van der Waals surface area (Å²) in [5, 5.41) is 7.57. The van der Waals surface area contributed by atoms with Gasteiger partial charge in [0.2, 0.25) is 0 Å². The summed E-state index contributed by atoms with van der Waals surface area (Å²) in [6, 6.07) is 8.58. The molecule has 1 aromatic carbocycles. The number of hydrogen-bond acceptors (Lipinski definition) is 4. The lowest BCUT2D eigenvalue weighted by molar-refractivity contribution is 0.414. The van der Waals surface area contributed by atoms with E-state index in [0.29, 0.717) is 12.0 Å². The fourth-order valence-corrected chi connectivity index (χ4v) is 2.11. The number of benzene rings is 1. The summed E-state index contributed by atoms with van der Waals surface area (Å²) >= 11 is 0. The van der Waals surface area contributed by atoms with E-state index in [9.17, 15) is 0 Å². The molecule has 5 nitrogen and oxygen atoms in total.